The van der Waals surface area contributed by atoms with Gasteiger partial charge < -0.3 is 4.74 Å². The van der Waals surface area contributed by atoms with Crippen molar-refractivity contribution < 1.29 is 17.9 Å². The van der Waals surface area contributed by atoms with Crippen molar-refractivity contribution in [1.82, 2.24) is 9.29 Å². The first kappa shape index (κ1) is 17.4. The minimum Gasteiger partial charge on any atom is -0.465 e. The molecule has 8 heteroatoms. The van der Waals surface area contributed by atoms with Crippen LogP contribution in [0, 0.1) is 0 Å². The lowest BCUT2D eigenvalue weighted by Gasteiger charge is -2.15. The fraction of sp³-hybridized carbons (Fsp3) is 0.200. The van der Waals surface area contributed by atoms with Crippen LogP contribution in [-0.2, 0) is 28.7 Å². The molecule has 2 aromatic rings. The summed E-state index contributed by atoms with van der Waals surface area (Å²) in [4.78, 5) is 15.4. The standard InChI is InChI=1S/C15H15ClN2O4S/c1-22-15(19)12-5-6-14(17-8-12)10-18(23(20)21)9-11-3-2-4-13(16)7-11/h2-8,23H,9-10H2,1H3. The highest BCUT2D eigenvalue weighted by Crippen LogP contribution is 2.14. The third-order valence-corrected chi connectivity index (χ3v) is 4.06. The molecule has 0 fully saturated rings. The molecule has 0 aliphatic carbocycles. The molecule has 6 nitrogen and oxygen atoms in total. The summed E-state index contributed by atoms with van der Waals surface area (Å²) >= 11 is 5.90. The Morgan fingerprint density at radius 2 is 2.04 bits per heavy atom. The van der Waals surface area contributed by atoms with Crippen molar-refractivity contribution in [2.45, 2.75) is 13.1 Å². The van der Waals surface area contributed by atoms with E-state index in [0.717, 1.165) is 5.56 Å². The van der Waals surface area contributed by atoms with E-state index in [1.165, 1.54) is 17.6 Å². The fourth-order valence-electron chi connectivity index (χ4n) is 1.96. The SMILES string of the molecule is COC(=O)c1ccc(CN(Cc2cccc(Cl)c2)[SH](=O)=O)nc1. The molecule has 0 aliphatic rings. The van der Waals surface area contributed by atoms with Gasteiger partial charge in [0.15, 0.2) is 0 Å². The summed E-state index contributed by atoms with van der Waals surface area (Å²) in [5.41, 5.74) is 1.62. The van der Waals surface area contributed by atoms with E-state index < -0.39 is 16.9 Å². The molecule has 0 unspecified atom stereocenters. The minimum absolute atomic E-state index is 0.104. The number of aromatic nitrogens is 1. The van der Waals surface area contributed by atoms with Crippen LogP contribution in [0.2, 0.25) is 5.02 Å². The molecule has 1 aromatic carbocycles. The number of ether oxygens (including phenoxy) is 1. The third kappa shape index (κ3) is 5.02. The van der Waals surface area contributed by atoms with Gasteiger partial charge in [0, 0.05) is 17.8 Å². The molecule has 2 rings (SSSR count). The van der Waals surface area contributed by atoms with Gasteiger partial charge >= 0.3 is 5.97 Å². The van der Waals surface area contributed by atoms with Crippen molar-refractivity contribution in [2.24, 2.45) is 0 Å². The van der Waals surface area contributed by atoms with E-state index in [-0.39, 0.29) is 13.1 Å². The van der Waals surface area contributed by atoms with Crippen LogP contribution < -0.4 is 0 Å². The van der Waals surface area contributed by atoms with Crippen LogP contribution in [0.3, 0.4) is 0 Å². The second-order valence-corrected chi connectivity index (χ2v) is 6.20. The Balaban J connectivity index is 2.12. The maximum atomic E-state index is 11.4. The zero-order valence-electron chi connectivity index (χ0n) is 12.3. The summed E-state index contributed by atoms with van der Waals surface area (Å²) in [5, 5.41) is 0.545. The number of hydrogen-bond donors (Lipinski definition) is 1. The molecular formula is C15H15ClN2O4S. The number of rotatable bonds is 6. The van der Waals surface area contributed by atoms with Crippen LogP contribution in [0.4, 0.5) is 0 Å². The van der Waals surface area contributed by atoms with Gasteiger partial charge in [-0.25, -0.2) is 13.2 Å². The Morgan fingerprint density at radius 3 is 2.61 bits per heavy atom. The van der Waals surface area contributed by atoms with Crippen LogP contribution >= 0.6 is 11.6 Å². The quantitative estimate of drug-likeness (QED) is 0.634. The molecular weight excluding hydrogens is 340 g/mol. The summed E-state index contributed by atoms with van der Waals surface area (Å²) in [6.07, 6.45) is 1.36. The number of carbonyl (C=O) groups excluding carboxylic acids is 1. The Hall–Kier alpha value is -1.96. The highest BCUT2D eigenvalue weighted by Gasteiger charge is 2.12. The summed E-state index contributed by atoms with van der Waals surface area (Å²) in [7, 11) is -1.50. The number of esters is 1. The van der Waals surface area contributed by atoms with Gasteiger partial charge in [0.2, 0.25) is 10.9 Å². The number of thiol groups is 1. The van der Waals surface area contributed by atoms with Crippen molar-refractivity contribution in [3.05, 3.63) is 64.4 Å². The van der Waals surface area contributed by atoms with E-state index in [4.69, 9.17) is 11.6 Å². The topological polar surface area (TPSA) is 76.6 Å². The first-order chi connectivity index (χ1) is 11.0. The van der Waals surface area contributed by atoms with Crippen molar-refractivity contribution in [3.63, 3.8) is 0 Å². The molecule has 0 saturated heterocycles. The summed E-state index contributed by atoms with van der Waals surface area (Å²) in [6.45, 7) is 0.298. The van der Waals surface area contributed by atoms with E-state index in [1.54, 1.807) is 36.4 Å². The molecule has 0 amide bonds. The number of benzene rings is 1. The molecule has 1 aromatic heterocycles. The lowest BCUT2D eigenvalue weighted by molar-refractivity contribution is 0.0600. The molecule has 23 heavy (non-hydrogen) atoms. The molecule has 0 saturated carbocycles. The normalized spacial score (nSPS) is 11.0. The van der Waals surface area contributed by atoms with E-state index in [1.807, 2.05) is 0 Å². The van der Waals surface area contributed by atoms with Crippen LogP contribution in [0.15, 0.2) is 42.6 Å². The fourth-order valence-corrected chi connectivity index (χ4v) is 2.71. The van der Waals surface area contributed by atoms with Crippen molar-refractivity contribution >= 4 is 28.5 Å². The van der Waals surface area contributed by atoms with Crippen molar-refractivity contribution in [3.8, 4) is 0 Å². The molecule has 0 radical (unpaired) electrons. The summed E-state index contributed by atoms with van der Waals surface area (Å²) in [6, 6.07) is 10.1. The van der Waals surface area contributed by atoms with E-state index in [9.17, 15) is 13.2 Å². The third-order valence-electron chi connectivity index (χ3n) is 3.08. The minimum atomic E-state index is -2.79. The summed E-state index contributed by atoms with van der Waals surface area (Å²) < 4.78 is 28.7. The van der Waals surface area contributed by atoms with Gasteiger partial charge in [-0.1, -0.05) is 23.7 Å². The Kier molecular flexibility index (Phi) is 6.09. The van der Waals surface area contributed by atoms with Gasteiger partial charge in [0.1, 0.15) is 0 Å². The molecule has 122 valence electrons. The number of hydrogen-bond acceptors (Lipinski definition) is 5. The van der Waals surface area contributed by atoms with Gasteiger partial charge in [-0.3, -0.25) is 4.98 Å². The number of nitrogens with zero attached hydrogens (tertiary/aromatic N) is 2. The van der Waals surface area contributed by atoms with Gasteiger partial charge in [-0.05, 0) is 29.8 Å². The van der Waals surface area contributed by atoms with Crippen LogP contribution in [0.1, 0.15) is 21.6 Å². The predicted molar refractivity (Wildman–Crippen MR) is 86.6 cm³/mol. The van der Waals surface area contributed by atoms with E-state index >= 15 is 0 Å². The highest BCUT2D eigenvalue weighted by molar-refractivity contribution is 7.69. The summed E-state index contributed by atoms with van der Waals surface area (Å²) in [5.74, 6) is -0.491. The highest BCUT2D eigenvalue weighted by atomic mass is 35.5. The molecule has 0 bridgehead atoms. The average molecular weight is 355 g/mol. The molecule has 0 atom stereocenters. The Labute approximate surface area is 140 Å². The zero-order chi connectivity index (χ0) is 16.8. The Morgan fingerprint density at radius 1 is 1.26 bits per heavy atom. The monoisotopic (exact) mass is 354 g/mol. The number of halogens is 1. The van der Waals surface area contributed by atoms with Gasteiger partial charge in [0.25, 0.3) is 0 Å². The van der Waals surface area contributed by atoms with Crippen molar-refractivity contribution in [1.29, 1.82) is 0 Å². The van der Waals surface area contributed by atoms with Gasteiger partial charge in [0.05, 0.1) is 24.9 Å². The molecule has 1 heterocycles. The lowest BCUT2D eigenvalue weighted by atomic mass is 10.2. The second-order valence-electron chi connectivity index (χ2n) is 4.72. The maximum Gasteiger partial charge on any atom is 0.339 e. The number of methoxy groups -OCH3 is 1. The predicted octanol–water partition coefficient (Wildman–Crippen LogP) is 2.05. The largest absolute Gasteiger partial charge is 0.465 e. The zero-order valence-corrected chi connectivity index (χ0v) is 14.0. The van der Waals surface area contributed by atoms with E-state index in [0.29, 0.717) is 16.3 Å². The van der Waals surface area contributed by atoms with Crippen LogP contribution in [-0.4, -0.2) is 30.8 Å². The number of pyridine rings is 1. The Bertz CT molecular complexity index is 754. The first-order valence-electron chi connectivity index (χ1n) is 6.66. The molecule has 0 spiro atoms. The van der Waals surface area contributed by atoms with Gasteiger partial charge in [-0.15, -0.1) is 0 Å². The van der Waals surface area contributed by atoms with Gasteiger partial charge in [-0.2, -0.15) is 4.31 Å². The van der Waals surface area contributed by atoms with Crippen molar-refractivity contribution in [2.75, 3.05) is 7.11 Å². The molecule has 0 aliphatic heterocycles. The average Bonchev–Trinajstić information content (AvgIpc) is 2.54. The van der Waals surface area contributed by atoms with Crippen LogP contribution in [0.25, 0.3) is 0 Å². The lowest BCUT2D eigenvalue weighted by Crippen LogP contribution is -2.21. The second kappa shape index (κ2) is 8.05. The molecule has 0 N–H and O–H groups in total. The smallest absolute Gasteiger partial charge is 0.339 e. The maximum absolute atomic E-state index is 11.4. The van der Waals surface area contributed by atoms with E-state index in [2.05, 4.69) is 9.72 Å². The number of carbonyl (C=O) groups is 1. The first-order valence-corrected chi connectivity index (χ1v) is 8.17. The van der Waals surface area contributed by atoms with Crippen LogP contribution in [0.5, 0.6) is 0 Å².